The Hall–Kier alpha value is -0.830. The van der Waals surface area contributed by atoms with E-state index in [1.807, 2.05) is 0 Å². The van der Waals surface area contributed by atoms with Crippen LogP contribution in [-0.2, 0) is 4.79 Å². The lowest BCUT2D eigenvalue weighted by atomic mass is 10.3. The summed E-state index contributed by atoms with van der Waals surface area (Å²) in [4.78, 5) is 10.4. The fourth-order valence-corrected chi connectivity index (χ4v) is 0.744. The van der Waals surface area contributed by atoms with Crippen LogP contribution in [0.25, 0.3) is 0 Å². The van der Waals surface area contributed by atoms with Gasteiger partial charge in [-0.25, -0.2) is 0 Å². The quantitative estimate of drug-likeness (QED) is 0.556. The number of hydrogen-bond donors (Lipinski definition) is 2. The van der Waals surface area contributed by atoms with Crippen LogP contribution in [0.5, 0.6) is 0 Å². The number of carboxylic acid groups (broad SMARTS) is 1. The van der Waals surface area contributed by atoms with Crippen molar-refractivity contribution in [3.63, 3.8) is 0 Å². The Bertz CT molecular complexity index is 152. The predicted octanol–water partition coefficient (Wildman–Crippen LogP) is 0.378. The number of carbonyl (C=O) groups is 1. The molecule has 0 amide bonds. The lowest BCUT2D eigenvalue weighted by molar-refractivity contribution is -0.138. The second kappa shape index (κ2) is 2.84. The molecule has 0 heterocycles. The van der Waals surface area contributed by atoms with Crippen molar-refractivity contribution in [2.24, 2.45) is 0 Å². The Morgan fingerprint density at radius 1 is 1.80 bits per heavy atom. The molecule has 3 nitrogen and oxygen atoms in total. The molecule has 2 N–H and O–H groups in total. The second-order valence-electron chi connectivity index (χ2n) is 2.49. The van der Waals surface area contributed by atoms with E-state index >= 15 is 0 Å². The fourth-order valence-electron chi connectivity index (χ4n) is 0.744. The molecule has 1 saturated carbocycles. The monoisotopic (exact) mass is 141 g/mol. The molecule has 1 atom stereocenters. The normalized spacial score (nSPS) is 20.0. The summed E-state index contributed by atoms with van der Waals surface area (Å²) in [5.74, 6) is -0.845. The minimum atomic E-state index is -0.845. The molecule has 0 aromatic rings. The SMILES string of the molecule is C=CC(NC1CC1)C(=O)O. The lowest BCUT2D eigenvalue weighted by Crippen LogP contribution is -2.35. The van der Waals surface area contributed by atoms with Gasteiger partial charge in [0.2, 0.25) is 0 Å². The third-order valence-corrected chi connectivity index (χ3v) is 1.49. The van der Waals surface area contributed by atoms with Gasteiger partial charge in [0.1, 0.15) is 6.04 Å². The molecule has 10 heavy (non-hydrogen) atoms. The Balaban J connectivity index is 2.31. The average Bonchev–Trinajstić information content (AvgIpc) is 2.64. The summed E-state index contributed by atoms with van der Waals surface area (Å²) in [5, 5.41) is 11.4. The highest BCUT2D eigenvalue weighted by molar-refractivity contribution is 5.75. The highest BCUT2D eigenvalue weighted by Crippen LogP contribution is 2.19. The van der Waals surface area contributed by atoms with E-state index in [0.29, 0.717) is 6.04 Å². The van der Waals surface area contributed by atoms with Crippen molar-refractivity contribution in [3.05, 3.63) is 12.7 Å². The van der Waals surface area contributed by atoms with Gasteiger partial charge in [0, 0.05) is 6.04 Å². The van der Waals surface area contributed by atoms with Crippen LogP contribution in [0.3, 0.4) is 0 Å². The molecule has 1 unspecified atom stereocenters. The molecule has 1 aliphatic carbocycles. The molecular formula is C7H11NO2. The van der Waals surface area contributed by atoms with Gasteiger partial charge in [0.05, 0.1) is 0 Å². The molecule has 3 heteroatoms. The van der Waals surface area contributed by atoms with Gasteiger partial charge < -0.3 is 5.11 Å². The van der Waals surface area contributed by atoms with Gasteiger partial charge in [0.25, 0.3) is 0 Å². The molecule has 0 spiro atoms. The summed E-state index contributed by atoms with van der Waals surface area (Å²) in [6.45, 7) is 3.42. The summed E-state index contributed by atoms with van der Waals surface area (Å²) in [6.07, 6.45) is 3.61. The number of nitrogens with one attached hydrogen (secondary N) is 1. The van der Waals surface area contributed by atoms with Gasteiger partial charge in [0.15, 0.2) is 0 Å². The third kappa shape index (κ3) is 1.84. The summed E-state index contributed by atoms with van der Waals surface area (Å²) in [5.41, 5.74) is 0. The van der Waals surface area contributed by atoms with Crippen LogP contribution < -0.4 is 5.32 Å². The molecule has 0 radical (unpaired) electrons. The average molecular weight is 141 g/mol. The number of carboxylic acids is 1. The first-order valence-corrected chi connectivity index (χ1v) is 3.35. The summed E-state index contributed by atoms with van der Waals surface area (Å²) < 4.78 is 0. The van der Waals surface area contributed by atoms with E-state index in [0.717, 1.165) is 12.8 Å². The van der Waals surface area contributed by atoms with Gasteiger partial charge in [-0.15, -0.1) is 6.58 Å². The lowest BCUT2D eigenvalue weighted by Gasteiger charge is -2.06. The van der Waals surface area contributed by atoms with Crippen molar-refractivity contribution in [1.82, 2.24) is 5.32 Å². The first kappa shape index (κ1) is 7.28. The largest absolute Gasteiger partial charge is 0.480 e. The Labute approximate surface area is 59.7 Å². The maximum absolute atomic E-state index is 10.4. The Kier molecular flexibility index (Phi) is 2.06. The Morgan fingerprint density at radius 3 is 2.70 bits per heavy atom. The smallest absolute Gasteiger partial charge is 0.324 e. The third-order valence-electron chi connectivity index (χ3n) is 1.49. The maximum Gasteiger partial charge on any atom is 0.324 e. The van der Waals surface area contributed by atoms with Crippen LogP contribution in [0.4, 0.5) is 0 Å². The van der Waals surface area contributed by atoms with Gasteiger partial charge in [-0.3, -0.25) is 10.1 Å². The molecule has 0 saturated heterocycles. The highest BCUT2D eigenvalue weighted by Gasteiger charge is 2.25. The van der Waals surface area contributed by atoms with Gasteiger partial charge in [-0.1, -0.05) is 6.08 Å². The van der Waals surface area contributed by atoms with Gasteiger partial charge >= 0.3 is 5.97 Å². The van der Waals surface area contributed by atoms with Gasteiger partial charge in [-0.2, -0.15) is 0 Å². The number of aliphatic carboxylic acids is 1. The molecule has 0 aromatic carbocycles. The van der Waals surface area contributed by atoms with E-state index in [4.69, 9.17) is 5.11 Å². The molecular weight excluding hydrogens is 130 g/mol. The van der Waals surface area contributed by atoms with Crippen LogP contribution >= 0.6 is 0 Å². The standard InChI is InChI=1S/C7H11NO2/c1-2-6(7(9)10)8-5-3-4-5/h2,5-6,8H,1,3-4H2,(H,9,10). The fraction of sp³-hybridized carbons (Fsp3) is 0.571. The topological polar surface area (TPSA) is 49.3 Å². The van der Waals surface area contributed by atoms with Crippen molar-refractivity contribution in [3.8, 4) is 0 Å². The summed E-state index contributed by atoms with van der Waals surface area (Å²) in [6, 6.07) is -0.147. The minimum absolute atomic E-state index is 0.416. The Morgan fingerprint density at radius 2 is 2.40 bits per heavy atom. The van der Waals surface area contributed by atoms with Crippen molar-refractivity contribution in [2.75, 3.05) is 0 Å². The summed E-state index contributed by atoms with van der Waals surface area (Å²) >= 11 is 0. The molecule has 0 aromatic heterocycles. The zero-order valence-corrected chi connectivity index (χ0v) is 5.71. The van der Waals surface area contributed by atoms with E-state index in [-0.39, 0.29) is 0 Å². The zero-order chi connectivity index (χ0) is 7.56. The van der Waals surface area contributed by atoms with Crippen LogP contribution in [0, 0.1) is 0 Å². The van der Waals surface area contributed by atoms with Crippen molar-refractivity contribution in [2.45, 2.75) is 24.9 Å². The molecule has 1 fully saturated rings. The first-order chi connectivity index (χ1) is 4.74. The van der Waals surface area contributed by atoms with Crippen LogP contribution in [0.2, 0.25) is 0 Å². The van der Waals surface area contributed by atoms with Crippen molar-refractivity contribution in [1.29, 1.82) is 0 Å². The van der Waals surface area contributed by atoms with E-state index < -0.39 is 12.0 Å². The van der Waals surface area contributed by atoms with Crippen LogP contribution in [0.15, 0.2) is 12.7 Å². The van der Waals surface area contributed by atoms with E-state index in [1.54, 1.807) is 0 Å². The minimum Gasteiger partial charge on any atom is -0.480 e. The predicted molar refractivity (Wildman–Crippen MR) is 37.8 cm³/mol. The number of hydrogen-bond acceptors (Lipinski definition) is 2. The first-order valence-electron chi connectivity index (χ1n) is 3.35. The van der Waals surface area contributed by atoms with E-state index in [1.165, 1.54) is 6.08 Å². The molecule has 0 aliphatic heterocycles. The van der Waals surface area contributed by atoms with Crippen LogP contribution in [-0.4, -0.2) is 23.2 Å². The molecule has 1 aliphatic rings. The molecule has 1 rings (SSSR count). The van der Waals surface area contributed by atoms with E-state index in [9.17, 15) is 4.79 Å². The number of rotatable bonds is 4. The second-order valence-corrected chi connectivity index (χ2v) is 2.49. The van der Waals surface area contributed by atoms with Crippen LogP contribution in [0.1, 0.15) is 12.8 Å². The van der Waals surface area contributed by atoms with Crippen molar-refractivity contribution >= 4 is 5.97 Å². The molecule has 0 bridgehead atoms. The zero-order valence-electron chi connectivity index (χ0n) is 5.71. The molecule has 56 valence electrons. The van der Waals surface area contributed by atoms with Gasteiger partial charge in [-0.05, 0) is 12.8 Å². The maximum atomic E-state index is 10.4. The highest BCUT2D eigenvalue weighted by atomic mass is 16.4. The van der Waals surface area contributed by atoms with E-state index in [2.05, 4.69) is 11.9 Å². The van der Waals surface area contributed by atoms with Crippen molar-refractivity contribution < 1.29 is 9.90 Å². The summed E-state index contributed by atoms with van der Waals surface area (Å²) in [7, 11) is 0.